The predicted molar refractivity (Wildman–Crippen MR) is 439 cm³/mol. The van der Waals surface area contributed by atoms with E-state index < -0.39 is 53.7 Å². The van der Waals surface area contributed by atoms with E-state index >= 15 is 0 Å². The summed E-state index contributed by atoms with van der Waals surface area (Å²) in [6.45, 7) is 22.0. The van der Waals surface area contributed by atoms with Crippen LogP contribution in [-0.2, 0) is 47.7 Å². The maximum Gasteiger partial charge on any atom is 0.343 e. The molecule has 118 heavy (non-hydrogen) atoms. The first-order valence-corrected chi connectivity index (χ1v) is 38.1. The molecule has 0 unspecified atom stereocenters. The molecule has 8 aromatic carbocycles. The summed E-state index contributed by atoms with van der Waals surface area (Å²) in [6.07, 6.45) is 16.1. The number of carbonyl (C=O) groups excluding carboxylic acids is 9. The molecule has 25 nitrogen and oxygen atoms in total. The van der Waals surface area contributed by atoms with Crippen LogP contribution in [0.3, 0.4) is 0 Å². The van der Waals surface area contributed by atoms with E-state index in [9.17, 15) is 43.2 Å². The third-order valence-electron chi connectivity index (χ3n) is 16.8. The first kappa shape index (κ1) is 92.8. The topological polar surface area (TPSA) is 316 Å². The van der Waals surface area contributed by atoms with Gasteiger partial charge in [-0.2, -0.15) is 5.26 Å². The van der Waals surface area contributed by atoms with Gasteiger partial charge >= 0.3 is 53.7 Å². The number of nitriles is 1. The molecule has 0 heterocycles. The van der Waals surface area contributed by atoms with Crippen LogP contribution < -0.4 is 47.4 Å². The van der Waals surface area contributed by atoms with Crippen LogP contribution in [0.5, 0.6) is 57.5 Å². The molecule has 1 fully saturated rings. The van der Waals surface area contributed by atoms with Crippen molar-refractivity contribution in [3.8, 4) is 63.6 Å². The highest BCUT2D eigenvalue weighted by Gasteiger charge is 2.23. The van der Waals surface area contributed by atoms with Crippen LogP contribution in [0.2, 0.25) is 0 Å². The highest BCUT2D eigenvalue weighted by Crippen LogP contribution is 2.38. The lowest BCUT2D eigenvalue weighted by Crippen LogP contribution is -2.13. The van der Waals surface area contributed by atoms with Gasteiger partial charge in [0.05, 0.1) is 107 Å². The molecule has 0 N–H and O–H groups in total. The Labute approximate surface area is 686 Å². The first-order chi connectivity index (χ1) is 57.3. The summed E-state index contributed by atoms with van der Waals surface area (Å²) in [4.78, 5) is 104. The average molecular weight is 1610 g/mol. The SMILES string of the molecule is C=CC(=O)OCCCOc1ccc(C(=O)Oc2ccc(C#N)cc2)cc1.C=CC(=O)OCCCOc1ccc(C(=O)Oc2ccc(C3CCC(CCC)CC3)cc2)cc1.C=CC(=O)OCCCOc1ccc(C(=O)Oc2ccc(OC)cc2)cc1.C=CC(=O)OCCCOc1ccc(OC(=O)c2ccc(OCCCOC(=O)C=C)cc2)cc1. The molecule has 1 aliphatic carbocycles. The van der Waals surface area contributed by atoms with Crippen molar-refractivity contribution in [3.05, 3.63) is 291 Å². The molecular weight excluding hydrogens is 1520 g/mol. The Morgan fingerprint density at radius 3 is 0.788 bits per heavy atom. The van der Waals surface area contributed by atoms with Gasteiger partial charge in [-0.25, -0.2) is 43.2 Å². The van der Waals surface area contributed by atoms with E-state index in [2.05, 4.69) is 52.0 Å². The minimum atomic E-state index is -0.504. The van der Waals surface area contributed by atoms with Gasteiger partial charge in [0, 0.05) is 62.5 Å². The lowest BCUT2D eigenvalue weighted by Gasteiger charge is -2.28. The number of benzene rings is 8. The Balaban J connectivity index is 0.000000246. The molecule has 0 atom stereocenters. The summed E-state index contributed by atoms with van der Waals surface area (Å²) in [5.74, 6) is 2.80. The van der Waals surface area contributed by atoms with E-state index in [1.54, 1.807) is 177 Å². The Morgan fingerprint density at radius 1 is 0.322 bits per heavy atom. The van der Waals surface area contributed by atoms with Crippen LogP contribution in [0.15, 0.2) is 257 Å². The monoisotopic (exact) mass is 1610 g/mol. The highest BCUT2D eigenvalue weighted by atomic mass is 16.6. The van der Waals surface area contributed by atoms with Gasteiger partial charge < -0.3 is 71.1 Å². The third-order valence-corrected chi connectivity index (χ3v) is 16.8. The second-order valence-electron chi connectivity index (χ2n) is 25.4. The van der Waals surface area contributed by atoms with Crippen molar-refractivity contribution in [3.63, 3.8) is 0 Å². The number of hydrogen-bond acceptors (Lipinski definition) is 25. The largest absolute Gasteiger partial charge is 0.497 e. The van der Waals surface area contributed by atoms with Gasteiger partial charge in [0.25, 0.3) is 0 Å². The lowest BCUT2D eigenvalue weighted by molar-refractivity contribution is -0.138. The van der Waals surface area contributed by atoms with E-state index in [1.807, 2.05) is 18.2 Å². The van der Waals surface area contributed by atoms with E-state index in [0.29, 0.717) is 156 Å². The Hall–Kier alpha value is -14.0. The summed E-state index contributed by atoms with van der Waals surface area (Å²) < 4.78 is 78.5. The summed E-state index contributed by atoms with van der Waals surface area (Å²) >= 11 is 0. The number of methoxy groups -OCH3 is 1. The molecule has 0 aliphatic heterocycles. The van der Waals surface area contributed by atoms with E-state index in [0.717, 1.165) is 36.3 Å². The van der Waals surface area contributed by atoms with Crippen molar-refractivity contribution in [1.29, 1.82) is 5.26 Å². The summed E-state index contributed by atoms with van der Waals surface area (Å²) in [5, 5.41) is 8.75. The van der Waals surface area contributed by atoms with Crippen molar-refractivity contribution in [2.75, 3.05) is 73.2 Å². The fraction of sp³-hybridized carbons (Fsp3) is 0.269. The van der Waals surface area contributed by atoms with Gasteiger partial charge in [-0.15, -0.1) is 0 Å². The number of carbonyl (C=O) groups is 9. The molecule has 0 radical (unpaired) electrons. The number of hydrogen-bond donors (Lipinski definition) is 0. The number of esters is 9. The molecule has 0 amide bonds. The van der Waals surface area contributed by atoms with Crippen LogP contribution in [0, 0.1) is 17.2 Å². The fourth-order valence-electron chi connectivity index (χ4n) is 10.7. The van der Waals surface area contributed by atoms with Crippen LogP contribution in [-0.4, -0.2) is 127 Å². The van der Waals surface area contributed by atoms with Crippen molar-refractivity contribution in [1.82, 2.24) is 0 Å². The molecule has 9 rings (SSSR count). The van der Waals surface area contributed by atoms with E-state index in [1.165, 1.54) is 44.1 Å². The number of nitrogens with zero attached hydrogens (tertiary/aromatic N) is 1. The summed E-state index contributed by atoms with van der Waals surface area (Å²) in [5.41, 5.74) is 3.45. The zero-order valence-corrected chi connectivity index (χ0v) is 66.1. The Morgan fingerprint density at radius 2 is 0.551 bits per heavy atom. The van der Waals surface area contributed by atoms with Gasteiger partial charge in [0.15, 0.2) is 0 Å². The molecule has 1 aliphatic rings. The van der Waals surface area contributed by atoms with Crippen molar-refractivity contribution < 1.29 is 114 Å². The van der Waals surface area contributed by atoms with Crippen LogP contribution in [0.1, 0.15) is 136 Å². The van der Waals surface area contributed by atoms with E-state index in [4.69, 9.17) is 76.3 Å². The Bertz CT molecular complexity index is 4530. The molecule has 0 aromatic heterocycles. The van der Waals surface area contributed by atoms with Gasteiger partial charge in [-0.3, -0.25) is 0 Å². The van der Waals surface area contributed by atoms with Crippen LogP contribution in [0.4, 0.5) is 0 Å². The number of rotatable bonds is 42. The molecule has 8 aromatic rings. The molecular formula is C93H97NO24. The van der Waals surface area contributed by atoms with Crippen LogP contribution >= 0.6 is 0 Å². The number of ether oxygens (including phenoxy) is 15. The standard InChI is InChI=1S/C28H34O5.C25H26O8.C20H17NO5.C20H20O6/c1-3-6-21-7-9-22(10-8-21)23-11-17-26(18-12-23)33-28(30)24-13-15-25(16-14-24)31-19-5-20-32-27(29)4-2;1-3-23(26)31-17-5-15-29-20-9-7-19(8-10-20)25(28)33-22-13-11-21(12-14-22)30-16-6-18-32-24(27)4-2;1-2-19(22)25-13-3-12-24-17-10-6-16(7-11-17)20(23)26-18-8-4-15(14-21)5-9-18;1-3-19(21)25-14-4-13-24-17-7-5-15(6-8-17)20(22)26-18-11-9-16(23-2)10-12-18/h4,11-18,21-22H,2-3,5-10,19-20H2,1H3;3-4,7-14H,1-2,5-6,15-18H2;2,4-11H,1,3,12-13H2;3,5-12H,1,4,13-14H2,2H3. The van der Waals surface area contributed by atoms with Gasteiger partial charge in [0.2, 0.25) is 0 Å². The normalized spacial score (nSPS) is 12.0. The second kappa shape index (κ2) is 53.9. The fourth-order valence-corrected chi connectivity index (χ4v) is 10.7. The van der Waals surface area contributed by atoms with Crippen molar-refractivity contribution >= 4 is 53.7 Å². The van der Waals surface area contributed by atoms with Crippen molar-refractivity contribution in [2.24, 2.45) is 5.92 Å². The maximum atomic E-state index is 12.5. The molecule has 25 heteroatoms. The summed E-state index contributed by atoms with van der Waals surface area (Å²) in [7, 11) is 1.57. The van der Waals surface area contributed by atoms with Crippen molar-refractivity contribution in [2.45, 2.75) is 83.5 Å². The minimum Gasteiger partial charge on any atom is -0.497 e. The predicted octanol–water partition coefficient (Wildman–Crippen LogP) is 17.1. The molecule has 1 saturated carbocycles. The second-order valence-corrected chi connectivity index (χ2v) is 25.4. The highest BCUT2D eigenvalue weighted by molar-refractivity contribution is 5.93. The zero-order valence-electron chi connectivity index (χ0n) is 66.1. The van der Waals surface area contributed by atoms with E-state index in [-0.39, 0.29) is 33.0 Å². The maximum absolute atomic E-state index is 12.5. The summed E-state index contributed by atoms with van der Waals surface area (Å²) in [6, 6.07) is 56.1. The van der Waals surface area contributed by atoms with Gasteiger partial charge in [-0.05, 0) is 225 Å². The molecule has 0 bridgehead atoms. The van der Waals surface area contributed by atoms with Gasteiger partial charge in [-0.1, -0.05) is 64.8 Å². The quantitative estimate of drug-likeness (QED) is 0.0113. The lowest BCUT2D eigenvalue weighted by atomic mass is 9.77. The third kappa shape index (κ3) is 36.4. The zero-order chi connectivity index (χ0) is 84.9. The molecule has 618 valence electrons. The molecule has 0 spiro atoms. The van der Waals surface area contributed by atoms with Crippen LogP contribution in [0.25, 0.3) is 0 Å². The molecule has 0 saturated heterocycles. The minimum absolute atomic E-state index is 0.240. The van der Waals surface area contributed by atoms with Gasteiger partial charge in [0.1, 0.15) is 57.5 Å². The Kier molecular flexibility index (Phi) is 42.4. The average Bonchev–Trinajstić information content (AvgIpc) is 0.857. The first-order valence-electron chi connectivity index (χ1n) is 38.1. The smallest absolute Gasteiger partial charge is 0.343 e.